The Kier molecular flexibility index (Phi) is 4.50. The van der Waals surface area contributed by atoms with Crippen molar-refractivity contribution in [3.05, 3.63) is 37.9 Å². The topological polar surface area (TPSA) is 63.5 Å². The monoisotopic (exact) mass is 316 g/mol. The molecule has 0 N–H and O–H groups in total. The standard InChI is InChI=1S/C13H14Cl2N2O3/c1-2-8-4-3-5-16(8)13(18)10-6-9(17(19)20)7-11(14)12(10)15/h6-8H,2-5H2,1H3. The molecule has 1 atom stereocenters. The fraction of sp³-hybridized carbons (Fsp3) is 0.462. The molecule has 1 aliphatic rings. The van der Waals surface area contributed by atoms with E-state index in [1.54, 1.807) is 4.90 Å². The molecule has 1 aliphatic heterocycles. The molecule has 1 aromatic carbocycles. The smallest absolute Gasteiger partial charge is 0.271 e. The van der Waals surface area contributed by atoms with Crippen molar-refractivity contribution >= 4 is 34.8 Å². The zero-order valence-electron chi connectivity index (χ0n) is 10.9. The van der Waals surface area contributed by atoms with Crippen LogP contribution in [0.1, 0.15) is 36.5 Å². The Bertz CT molecular complexity index is 563. The summed E-state index contributed by atoms with van der Waals surface area (Å²) in [6, 6.07) is 2.51. The number of nitro benzene ring substituents is 1. The van der Waals surface area contributed by atoms with Crippen molar-refractivity contribution in [1.82, 2.24) is 4.90 Å². The number of nitro groups is 1. The Labute approximate surface area is 126 Å². The first kappa shape index (κ1) is 15.1. The van der Waals surface area contributed by atoms with E-state index in [9.17, 15) is 14.9 Å². The summed E-state index contributed by atoms with van der Waals surface area (Å²) in [5.41, 5.74) is -0.124. The highest BCUT2D eigenvalue weighted by Crippen LogP contribution is 2.33. The highest BCUT2D eigenvalue weighted by Gasteiger charge is 2.30. The van der Waals surface area contributed by atoms with Crippen LogP contribution in [0.5, 0.6) is 0 Å². The van der Waals surface area contributed by atoms with Crippen LogP contribution < -0.4 is 0 Å². The van der Waals surface area contributed by atoms with E-state index in [0.717, 1.165) is 25.3 Å². The second-order valence-corrected chi connectivity index (χ2v) is 5.53. The zero-order valence-corrected chi connectivity index (χ0v) is 12.4. The number of hydrogen-bond acceptors (Lipinski definition) is 3. The van der Waals surface area contributed by atoms with Gasteiger partial charge in [0.2, 0.25) is 0 Å². The normalized spacial score (nSPS) is 18.4. The van der Waals surface area contributed by atoms with Gasteiger partial charge in [-0.1, -0.05) is 30.1 Å². The van der Waals surface area contributed by atoms with Gasteiger partial charge in [0, 0.05) is 24.7 Å². The molecule has 1 saturated heterocycles. The van der Waals surface area contributed by atoms with E-state index in [0.29, 0.717) is 6.54 Å². The molecular weight excluding hydrogens is 303 g/mol. The number of rotatable bonds is 3. The van der Waals surface area contributed by atoms with Crippen LogP contribution in [0.3, 0.4) is 0 Å². The predicted octanol–water partition coefficient (Wildman–Crippen LogP) is 3.92. The average Bonchev–Trinajstić information content (AvgIpc) is 2.89. The molecule has 0 saturated carbocycles. The van der Waals surface area contributed by atoms with Gasteiger partial charge in [-0.25, -0.2) is 0 Å². The van der Waals surface area contributed by atoms with Crippen molar-refractivity contribution < 1.29 is 9.72 Å². The molecular formula is C13H14Cl2N2O3. The lowest BCUT2D eigenvalue weighted by molar-refractivity contribution is -0.384. The maximum absolute atomic E-state index is 12.5. The number of carbonyl (C=O) groups is 1. The number of amides is 1. The number of non-ortho nitro benzene ring substituents is 1. The summed E-state index contributed by atoms with van der Waals surface area (Å²) >= 11 is 11.9. The van der Waals surface area contributed by atoms with Crippen molar-refractivity contribution in [2.24, 2.45) is 0 Å². The van der Waals surface area contributed by atoms with Crippen LogP contribution in [0.15, 0.2) is 12.1 Å². The molecule has 108 valence electrons. The molecule has 0 radical (unpaired) electrons. The molecule has 7 heteroatoms. The minimum atomic E-state index is -0.583. The molecule has 0 aromatic heterocycles. The van der Waals surface area contributed by atoms with Crippen molar-refractivity contribution in [1.29, 1.82) is 0 Å². The van der Waals surface area contributed by atoms with Crippen molar-refractivity contribution in [3.8, 4) is 0 Å². The molecule has 0 spiro atoms. The Morgan fingerprint density at radius 1 is 1.50 bits per heavy atom. The molecule has 5 nitrogen and oxygen atoms in total. The maximum atomic E-state index is 12.5. The van der Waals surface area contributed by atoms with Crippen LogP contribution in [0, 0.1) is 10.1 Å². The van der Waals surface area contributed by atoms with Gasteiger partial charge >= 0.3 is 0 Å². The third-order valence-corrected chi connectivity index (χ3v) is 4.37. The van der Waals surface area contributed by atoms with Gasteiger partial charge in [-0.15, -0.1) is 0 Å². The van der Waals surface area contributed by atoms with E-state index >= 15 is 0 Å². The molecule has 1 amide bonds. The minimum Gasteiger partial charge on any atom is -0.336 e. The Morgan fingerprint density at radius 3 is 2.80 bits per heavy atom. The summed E-state index contributed by atoms with van der Waals surface area (Å²) < 4.78 is 0. The van der Waals surface area contributed by atoms with Gasteiger partial charge in [0.15, 0.2) is 0 Å². The minimum absolute atomic E-state index is 0.0245. The first-order valence-corrected chi connectivity index (χ1v) is 7.15. The van der Waals surface area contributed by atoms with Crippen molar-refractivity contribution in [2.45, 2.75) is 32.2 Å². The lowest BCUT2D eigenvalue weighted by atomic mass is 10.1. The van der Waals surface area contributed by atoms with E-state index < -0.39 is 4.92 Å². The summed E-state index contributed by atoms with van der Waals surface area (Å²) in [5, 5.41) is 11.0. The first-order chi connectivity index (χ1) is 9.45. The zero-order chi connectivity index (χ0) is 14.9. The lowest BCUT2D eigenvalue weighted by Crippen LogP contribution is -2.35. The van der Waals surface area contributed by atoms with E-state index in [4.69, 9.17) is 23.2 Å². The van der Waals surface area contributed by atoms with Gasteiger partial charge in [-0.2, -0.15) is 0 Å². The number of carbonyl (C=O) groups excluding carboxylic acids is 1. The fourth-order valence-corrected chi connectivity index (χ4v) is 2.92. The van der Waals surface area contributed by atoms with Crippen LogP contribution in [0.2, 0.25) is 10.0 Å². The van der Waals surface area contributed by atoms with Crippen molar-refractivity contribution in [2.75, 3.05) is 6.54 Å². The van der Waals surface area contributed by atoms with E-state index in [1.807, 2.05) is 6.92 Å². The quantitative estimate of drug-likeness (QED) is 0.627. The summed E-state index contributed by atoms with van der Waals surface area (Å²) in [7, 11) is 0. The molecule has 1 unspecified atom stereocenters. The number of hydrogen-bond donors (Lipinski definition) is 0. The third-order valence-electron chi connectivity index (χ3n) is 3.56. The van der Waals surface area contributed by atoms with Gasteiger partial charge < -0.3 is 4.90 Å². The third kappa shape index (κ3) is 2.74. The average molecular weight is 317 g/mol. The van der Waals surface area contributed by atoms with Gasteiger partial charge in [0.1, 0.15) is 0 Å². The SMILES string of the molecule is CCC1CCCN1C(=O)c1cc([N+](=O)[O-])cc(Cl)c1Cl. The first-order valence-electron chi connectivity index (χ1n) is 6.40. The Morgan fingerprint density at radius 2 is 2.20 bits per heavy atom. The molecule has 20 heavy (non-hydrogen) atoms. The van der Waals surface area contributed by atoms with Gasteiger partial charge in [-0.05, 0) is 19.3 Å². The maximum Gasteiger partial charge on any atom is 0.271 e. The van der Waals surface area contributed by atoms with Crippen LogP contribution in [-0.4, -0.2) is 28.3 Å². The van der Waals surface area contributed by atoms with Crippen LogP contribution >= 0.6 is 23.2 Å². The van der Waals surface area contributed by atoms with E-state index in [1.165, 1.54) is 6.07 Å². The lowest BCUT2D eigenvalue weighted by Gasteiger charge is -2.24. The molecule has 1 fully saturated rings. The van der Waals surface area contributed by atoms with E-state index in [-0.39, 0.29) is 33.2 Å². The molecule has 2 rings (SSSR count). The number of nitrogens with zero attached hydrogens (tertiary/aromatic N) is 2. The summed E-state index contributed by atoms with van der Waals surface area (Å²) in [4.78, 5) is 24.5. The molecule has 1 heterocycles. The molecule has 0 bridgehead atoms. The number of likely N-dealkylation sites (tertiary alicyclic amines) is 1. The summed E-state index contributed by atoms with van der Waals surface area (Å²) in [5.74, 6) is -0.287. The highest BCUT2D eigenvalue weighted by molar-refractivity contribution is 6.44. The largest absolute Gasteiger partial charge is 0.336 e. The molecule has 1 aromatic rings. The van der Waals surface area contributed by atoms with Gasteiger partial charge in [0.05, 0.1) is 20.5 Å². The highest BCUT2D eigenvalue weighted by atomic mass is 35.5. The fourth-order valence-electron chi connectivity index (χ4n) is 2.52. The van der Waals surface area contributed by atoms with Gasteiger partial charge in [0.25, 0.3) is 11.6 Å². The summed E-state index contributed by atoms with van der Waals surface area (Å²) in [6.07, 6.45) is 2.74. The van der Waals surface area contributed by atoms with Crippen LogP contribution in [0.4, 0.5) is 5.69 Å². The predicted molar refractivity (Wildman–Crippen MR) is 77.5 cm³/mol. The van der Waals surface area contributed by atoms with Crippen LogP contribution in [-0.2, 0) is 0 Å². The Hall–Kier alpha value is -1.33. The van der Waals surface area contributed by atoms with Gasteiger partial charge in [-0.3, -0.25) is 14.9 Å². The van der Waals surface area contributed by atoms with E-state index in [2.05, 4.69) is 0 Å². The summed E-state index contributed by atoms with van der Waals surface area (Å²) in [6.45, 7) is 2.66. The number of benzene rings is 1. The second kappa shape index (κ2) is 5.97. The van der Waals surface area contributed by atoms with Crippen molar-refractivity contribution in [3.63, 3.8) is 0 Å². The van der Waals surface area contributed by atoms with Crippen LogP contribution in [0.25, 0.3) is 0 Å². The number of halogens is 2. The Balaban J connectivity index is 2.41. The molecule has 0 aliphatic carbocycles. The second-order valence-electron chi connectivity index (χ2n) is 4.75.